The molecule has 0 bridgehead atoms. The number of benzene rings is 2. The molecule has 2 amide bonds. The predicted molar refractivity (Wildman–Crippen MR) is 118 cm³/mol. The Hall–Kier alpha value is -3.58. The number of ether oxygens (including phenoxy) is 2. The summed E-state index contributed by atoms with van der Waals surface area (Å²) in [6.07, 6.45) is 0. The number of anilines is 2. The molecule has 0 fully saturated rings. The number of imide groups is 1. The average molecular weight is 420 g/mol. The average Bonchev–Trinajstić information content (AvgIpc) is 3.36. The van der Waals surface area contributed by atoms with Gasteiger partial charge in [-0.15, -0.1) is 11.3 Å². The van der Waals surface area contributed by atoms with Crippen molar-refractivity contribution < 1.29 is 19.1 Å². The van der Waals surface area contributed by atoms with Gasteiger partial charge < -0.3 is 14.8 Å². The molecule has 0 saturated heterocycles. The van der Waals surface area contributed by atoms with Gasteiger partial charge >= 0.3 is 0 Å². The second-order valence-electron chi connectivity index (χ2n) is 6.46. The van der Waals surface area contributed by atoms with Crippen molar-refractivity contribution in [1.82, 2.24) is 0 Å². The van der Waals surface area contributed by atoms with Crippen LogP contribution in [-0.4, -0.2) is 25.5 Å². The van der Waals surface area contributed by atoms with Crippen molar-refractivity contribution in [1.29, 1.82) is 0 Å². The van der Waals surface area contributed by atoms with E-state index in [2.05, 4.69) is 5.32 Å². The third kappa shape index (κ3) is 3.67. The van der Waals surface area contributed by atoms with E-state index in [1.165, 1.54) is 16.2 Å². The quantitative estimate of drug-likeness (QED) is 0.568. The first-order valence-electron chi connectivity index (χ1n) is 9.43. The SMILES string of the molecule is CCOc1cccc(NC2=C(c3cccs3)C(=O)N(c3ccc(OC)cc3)C2=O)c1. The fraction of sp³-hybridized carbons (Fsp3) is 0.130. The summed E-state index contributed by atoms with van der Waals surface area (Å²) >= 11 is 1.41. The van der Waals surface area contributed by atoms with Crippen molar-refractivity contribution in [3.05, 3.63) is 76.6 Å². The van der Waals surface area contributed by atoms with Crippen molar-refractivity contribution in [2.24, 2.45) is 0 Å². The Kier molecular flexibility index (Phi) is 5.54. The summed E-state index contributed by atoms with van der Waals surface area (Å²) in [4.78, 5) is 28.5. The van der Waals surface area contributed by atoms with E-state index in [0.717, 1.165) is 4.88 Å². The van der Waals surface area contributed by atoms with Gasteiger partial charge in [-0.25, -0.2) is 4.90 Å². The highest BCUT2D eigenvalue weighted by molar-refractivity contribution is 7.11. The van der Waals surface area contributed by atoms with Crippen molar-refractivity contribution in [2.45, 2.75) is 6.92 Å². The van der Waals surface area contributed by atoms with Gasteiger partial charge in [-0.05, 0) is 54.8 Å². The first-order chi connectivity index (χ1) is 14.6. The van der Waals surface area contributed by atoms with Crippen LogP contribution in [-0.2, 0) is 9.59 Å². The predicted octanol–water partition coefficient (Wildman–Crippen LogP) is 4.55. The van der Waals surface area contributed by atoms with Crippen LogP contribution in [0.25, 0.3) is 5.57 Å². The van der Waals surface area contributed by atoms with E-state index in [1.54, 1.807) is 37.4 Å². The summed E-state index contributed by atoms with van der Waals surface area (Å²) in [6, 6.07) is 17.8. The molecule has 30 heavy (non-hydrogen) atoms. The van der Waals surface area contributed by atoms with E-state index >= 15 is 0 Å². The minimum absolute atomic E-state index is 0.243. The number of amides is 2. The van der Waals surface area contributed by atoms with E-state index in [-0.39, 0.29) is 11.6 Å². The summed E-state index contributed by atoms with van der Waals surface area (Å²) in [5, 5.41) is 5.03. The molecule has 152 valence electrons. The number of nitrogens with zero attached hydrogens (tertiary/aromatic N) is 1. The van der Waals surface area contributed by atoms with Crippen molar-refractivity contribution in [3.63, 3.8) is 0 Å². The van der Waals surface area contributed by atoms with E-state index in [9.17, 15) is 9.59 Å². The van der Waals surface area contributed by atoms with Crippen LogP contribution in [0.2, 0.25) is 0 Å². The van der Waals surface area contributed by atoms with Gasteiger partial charge in [0.1, 0.15) is 17.2 Å². The lowest BCUT2D eigenvalue weighted by molar-refractivity contribution is -0.120. The molecule has 4 rings (SSSR count). The number of hydrogen-bond donors (Lipinski definition) is 1. The molecule has 0 spiro atoms. The van der Waals surface area contributed by atoms with Crippen LogP contribution in [0.1, 0.15) is 11.8 Å². The number of carbonyl (C=O) groups excluding carboxylic acids is 2. The van der Waals surface area contributed by atoms with Gasteiger partial charge in [-0.1, -0.05) is 12.1 Å². The zero-order chi connectivity index (χ0) is 21.1. The Labute approximate surface area is 178 Å². The Balaban J connectivity index is 1.73. The topological polar surface area (TPSA) is 67.9 Å². The molecule has 1 aliphatic rings. The molecule has 7 heteroatoms. The minimum atomic E-state index is -0.407. The van der Waals surface area contributed by atoms with Crippen LogP contribution in [0.5, 0.6) is 11.5 Å². The molecular formula is C23H20N2O4S. The number of nitrogens with one attached hydrogen (secondary N) is 1. The van der Waals surface area contributed by atoms with Crippen molar-refractivity contribution in [3.8, 4) is 11.5 Å². The third-order valence-electron chi connectivity index (χ3n) is 4.60. The highest BCUT2D eigenvalue weighted by Gasteiger charge is 2.40. The smallest absolute Gasteiger partial charge is 0.282 e. The summed E-state index contributed by atoms with van der Waals surface area (Å²) in [7, 11) is 1.57. The zero-order valence-corrected chi connectivity index (χ0v) is 17.4. The van der Waals surface area contributed by atoms with E-state index in [1.807, 2.05) is 42.6 Å². The Morgan fingerprint density at radius 3 is 2.43 bits per heavy atom. The summed E-state index contributed by atoms with van der Waals surface area (Å²) < 4.78 is 10.7. The lowest BCUT2D eigenvalue weighted by Crippen LogP contribution is -2.32. The molecule has 3 aromatic rings. The number of thiophene rings is 1. The zero-order valence-electron chi connectivity index (χ0n) is 16.5. The van der Waals surface area contributed by atoms with Gasteiger partial charge in [0.25, 0.3) is 11.8 Å². The van der Waals surface area contributed by atoms with E-state index < -0.39 is 5.91 Å². The molecular weight excluding hydrogens is 400 g/mol. The fourth-order valence-electron chi connectivity index (χ4n) is 3.24. The molecule has 0 saturated carbocycles. The van der Waals surface area contributed by atoms with Crippen molar-refractivity contribution >= 4 is 40.1 Å². The monoisotopic (exact) mass is 420 g/mol. The first-order valence-corrected chi connectivity index (χ1v) is 10.3. The number of rotatable bonds is 7. The molecule has 0 aliphatic carbocycles. The van der Waals surface area contributed by atoms with E-state index in [0.29, 0.717) is 35.1 Å². The van der Waals surface area contributed by atoms with Gasteiger partial charge in [0, 0.05) is 16.6 Å². The molecule has 1 N–H and O–H groups in total. The molecule has 1 aromatic heterocycles. The molecule has 2 heterocycles. The number of carbonyl (C=O) groups is 2. The van der Waals surface area contributed by atoms with Crippen molar-refractivity contribution in [2.75, 3.05) is 23.9 Å². The Morgan fingerprint density at radius 2 is 1.77 bits per heavy atom. The first kappa shape index (κ1) is 19.7. The standard InChI is InChI=1S/C23H20N2O4S/c1-3-29-18-7-4-6-15(14-18)24-21-20(19-8-5-13-30-19)22(26)25(23(21)27)16-9-11-17(28-2)12-10-16/h4-14,24H,3H2,1-2H3. The highest BCUT2D eigenvalue weighted by atomic mass is 32.1. The molecule has 0 unspecified atom stereocenters. The lowest BCUT2D eigenvalue weighted by Gasteiger charge is -2.16. The second kappa shape index (κ2) is 8.42. The van der Waals surface area contributed by atoms with Crippen LogP contribution >= 0.6 is 11.3 Å². The maximum absolute atomic E-state index is 13.3. The lowest BCUT2D eigenvalue weighted by atomic mass is 10.2. The highest BCUT2D eigenvalue weighted by Crippen LogP contribution is 2.36. The third-order valence-corrected chi connectivity index (χ3v) is 5.48. The van der Waals surface area contributed by atoms with Crippen LogP contribution < -0.4 is 19.7 Å². The second-order valence-corrected chi connectivity index (χ2v) is 7.40. The van der Waals surface area contributed by atoms with E-state index in [4.69, 9.17) is 9.47 Å². The molecule has 2 aromatic carbocycles. The fourth-order valence-corrected chi connectivity index (χ4v) is 4.00. The maximum Gasteiger partial charge on any atom is 0.282 e. The van der Waals surface area contributed by atoms with Crippen LogP contribution in [0.15, 0.2) is 71.7 Å². The molecule has 6 nitrogen and oxygen atoms in total. The van der Waals surface area contributed by atoms with Gasteiger partial charge in [-0.3, -0.25) is 9.59 Å². The van der Waals surface area contributed by atoms with Gasteiger partial charge in [-0.2, -0.15) is 0 Å². The van der Waals surface area contributed by atoms with Crippen LogP contribution in [0, 0.1) is 0 Å². The normalized spacial score (nSPS) is 13.7. The van der Waals surface area contributed by atoms with Crippen LogP contribution in [0.3, 0.4) is 0 Å². The number of methoxy groups -OCH3 is 1. The largest absolute Gasteiger partial charge is 0.497 e. The summed E-state index contributed by atoms with van der Waals surface area (Å²) in [5.41, 5.74) is 1.75. The summed E-state index contributed by atoms with van der Waals surface area (Å²) in [6.45, 7) is 2.44. The molecule has 1 aliphatic heterocycles. The Bertz CT molecular complexity index is 1100. The molecule has 0 atom stereocenters. The Morgan fingerprint density at radius 1 is 0.967 bits per heavy atom. The van der Waals surface area contributed by atoms with Gasteiger partial charge in [0.05, 0.1) is 25.0 Å². The van der Waals surface area contributed by atoms with Gasteiger partial charge in [0.15, 0.2) is 0 Å². The summed E-state index contributed by atoms with van der Waals surface area (Å²) in [5.74, 6) is 0.561. The minimum Gasteiger partial charge on any atom is -0.497 e. The van der Waals surface area contributed by atoms with Crippen LogP contribution in [0.4, 0.5) is 11.4 Å². The van der Waals surface area contributed by atoms with Gasteiger partial charge in [0.2, 0.25) is 0 Å². The maximum atomic E-state index is 13.3. The number of hydrogen-bond acceptors (Lipinski definition) is 6. The molecule has 0 radical (unpaired) electrons.